The van der Waals surface area contributed by atoms with Gasteiger partial charge in [-0.15, -0.1) is 6.58 Å². The summed E-state index contributed by atoms with van der Waals surface area (Å²) in [7, 11) is 0. The van der Waals surface area contributed by atoms with Crippen LogP contribution < -0.4 is 0 Å². The lowest BCUT2D eigenvalue weighted by Crippen LogP contribution is -2.63. The molecule has 0 aromatic rings. The molecule has 1 N–H and O–H groups in total. The smallest absolute Gasteiger partial charge is 0.312 e. The highest BCUT2D eigenvalue weighted by atomic mass is 16.6. The summed E-state index contributed by atoms with van der Waals surface area (Å²) in [5.41, 5.74) is -2.71. The van der Waals surface area contributed by atoms with Gasteiger partial charge in [-0.1, -0.05) is 54.0 Å². The Hall–Kier alpha value is -1.93. The number of rotatable bonds is 11. The molecule has 8 nitrogen and oxygen atoms in total. The van der Waals surface area contributed by atoms with Gasteiger partial charge in [0, 0.05) is 12.1 Å². The number of carbonyl (C=O) groups excluding carboxylic acids is 3. The maximum Gasteiger partial charge on any atom is 0.312 e. The number of aliphatic hydroxyl groups is 1. The van der Waals surface area contributed by atoms with Crippen LogP contribution >= 0.6 is 0 Å². The van der Waals surface area contributed by atoms with Gasteiger partial charge < -0.3 is 24.4 Å². The van der Waals surface area contributed by atoms with Crippen LogP contribution in [0.4, 0.5) is 0 Å². The molecule has 0 radical (unpaired) electrons. The van der Waals surface area contributed by atoms with Gasteiger partial charge in [-0.25, -0.2) is 0 Å². The van der Waals surface area contributed by atoms with Crippen LogP contribution in [0.3, 0.4) is 0 Å². The van der Waals surface area contributed by atoms with Crippen LogP contribution in [0.15, 0.2) is 12.7 Å². The molecule has 8 heteroatoms. The summed E-state index contributed by atoms with van der Waals surface area (Å²) in [4.78, 5) is 46.2. The Kier molecular flexibility index (Phi) is 8.76. The number of amides is 2. The van der Waals surface area contributed by atoms with Crippen LogP contribution in [-0.2, 0) is 23.9 Å². The van der Waals surface area contributed by atoms with Crippen LogP contribution in [0, 0.1) is 29.1 Å². The molecule has 2 bridgehead atoms. The lowest BCUT2D eigenvalue weighted by molar-refractivity contribution is -0.165. The van der Waals surface area contributed by atoms with Gasteiger partial charge in [0.15, 0.2) is 0 Å². The molecule has 39 heavy (non-hydrogen) atoms. The molecule has 0 saturated carbocycles. The highest BCUT2D eigenvalue weighted by molar-refractivity contribution is 5.99. The Labute approximate surface area is 235 Å². The third-order valence-electron chi connectivity index (χ3n) is 9.64. The summed E-state index contributed by atoms with van der Waals surface area (Å²) in [6, 6.07) is -1.55. The molecule has 8 atom stereocenters. The Morgan fingerprint density at radius 1 is 1.28 bits per heavy atom. The summed E-state index contributed by atoms with van der Waals surface area (Å²) in [5, 5.41) is 10.6. The molecule has 3 rings (SSSR count). The number of likely N-dealkylation sites (tertiary alicyclic amines) is 1. The standard InChI is InChI=1S/C31H52N2O6/c1-12-15-32(29(9,10)18-28(6,7)8)26(36)24-31-16-20(5)30(11,39-31)23(27(37)38-14-3)22(31)25(35)33(24)21(17-34)19(4)13-2/h12,19-24,34H,1,13-18H2,2-11H3/t19-,20?,21-,22-,23+,24?,30-,31?/m0/s1. The SMILES string of the molecule is C=CCN(C(=O)C1N([C@@H](CO)[C@@H](C)CC)C(=O)[C@@H]2[C@H](C(=O)OCC)[C@@]3(C)OC12CC3C)C(C)(C)CC(C)(C)C. The number of hydrogen-bond acceptors (Lipinski definition) is 6. The zero-order chi connectivity index (χ0) is 29.7. The summed E-state index contributed by atoms with van der Waals surface area (Å²) in [6.45, 7) is 24.3. The second-order valence-electron chi connectivity index (χ2n) is 14.1. The lowest BCUT2D eigenvalue weighted by atomic mass is 9.62. The quantitative estimate of drug-likeness (QED) is 0.307. The fraction of sp³-hybridized carbons (Fsp3) is 0.839. The summed E-state index contributed by atoms with van der Waals surface area (Å²) in [6.07, 6.45) is 3.64. The minimum absolute atomic E-state index is 0.0567. The molecular weight excluding hydrogens is 496 g/mol. The van der Waals surface area contributed by atoms with E-state index in [0.29, 0.717) is 13.0 Å². The number of nitrogens with zero attached hydrogens (tertiary/aromatic N) is 2. The van der Waals surface area contributed by atoms with Crippen molar-refractivity contribution in [3.05, 3.63) is 12.7 Å². The number of ether oxygens (including phenoxy) is 2. The Balaban J connectivity index is 2.24. The van der Waals surface area contributed by atoms with Gasteiger partial charge >= 0.3 is 5.97 Å². The van der Waals surface area contributed by atoms with E-state index in [4.69, 9.17) is 9.47 Å². The van der Waals surface area contributed by atoms with Gasteiger partial charge in [-0.2, -0.15) is 0 Å². The monoisotopic (exact) mass is 548 g/mol. The molecule has 222 valence electrons. The molecular formula is C31H52N2O6. The van der Waals surface area contributed by atoms with E-state index in [1.165, 1.54) is 0 Å². The van der Waals surface area contributed by atoms with E-state index in [0.717, 1.165) is 12.8 Å². The van der Waals surface area contributed by atoms with Crippen molar-refractivity contribution in [2.24, 2.45) is 29.1 Å². The van der Waals surface area contributed by atoms with Gasteiger partial charge in [0.2, 0.25) is 11.8 Å². The van der Waals surface area contributed by atoms with E-state index in [1.54, 1.807) is 17.9 Å². The predicted molar refractivity (Wildman–Crippen MR) is 151 cm³/mol. The fourth-order valence-corrected chi connectivity index (χ4v) is 8.02. The molecule has 0 aliphatic carbocycles. The minimum Gasteiger partial charge on any atom is -0.466 e. The average molecular weight is 549 g/mol. The highest BCUT2D eigenvalue weighted by Crippen LogP contribution is 2.66. The number of carbonyl (C=O) groups is 3. The van der Waals surface area contributed by atoms with Gasteiger partial charge in [-0.05, 0) is 57.8 Å². The first-order chi connectivity index (χ1) is 18.0. The van der Waals surface area contributed by atoms with Crippen LogP contribution in [-0.4, -0.2) is 81.3 Å². The van der Waals surface area contributed by atoms with Gasteiger partial charge in [0.25, 0.3) is 0 Å². The summed E-state index contributed by atoms with van der Waals surface area (Å²) < 4.78 is 12.3. The van der Waals surface area contributed by atoms with Crippen LogP contribution in [0.5, 0.6) is 0 Å². The maximum atomic E-state index is 14.9. The summed E-state index contributed by atoms with van der Waals surface area (Å²) in [5.74, 6) is -2.78. The first kappa shape index (κ1) is 31.6. The number of fused-ring (bicyclic) bond motifs is 1. The Bertz CT molecular complexity index is 973. The van der Waals surface area contributed by atoms with Crippen molar-refractivity contribution in [2.45, 2.75) is 117 Å². The van der Waals surface area contributed by atoms with Crippen molar-refractivity contribution in [1.29, 1.82) is 0 Å². The third kappa shape index (κ3) is 5.05. The van der Waals surface area contributed by atoms with E-state index in [1.807, 2.05) is 46.4 Å². The average Bonchev–Trinajstić information content (AvgIpc) is 3.33. The molecule has 3 heterocycles. The van der Waals surface area contributed by atoms with Crippen molar-refractivity contribution in [2.75, 3.05) is 19.8 Å². The molecule has 0 aromatic heterocycles. The topological polar surface area (TPSA) is 96.4 Å². The molecule has 2 amide bonds. The Morgan fingerprint density at radius 3 is 2.38 bits per heavy atom. The molecule has 3 fully saturated rings. The first-order valence-corrected chi connectivity index (χ1v) is 14.7. The van der Waals surface area contributed by atoms with E-state index >= 15 is 0 Å². The van der Waals surface area contributed by atoms with Crippen molar-refractivity contribution >= 4 is 17.8 Å². The van der Waals surface area contributed by atoms with Crippen LogP contribution in [0.2, 0.25) is 0 Å². The van der Waals surface area contributed by atoms with Gasteiger partial charge in [0.05, 0.1) is 30.8 Å². The minimum atomic E-state index is -1.18. The lowest BCUT2D eigenvalue weighted by Gasteiger charge is -2.47. The normalized spacial score (nSPS) is 33.6. The van der Waals surface area contributed by atoms with Crippen molar-refractivity contribution in [3.63, 3.8) is 0 Å². The van der Waals surface area contributed by atoms with Crippen molar-refractivity contribution in [1.82, 2.24) is 9.80 Å². The summed E-state index contributed by atoms with van der Waals surface area (Å²) >= 11 is 0. The first-order valence-electron chi connectivity index (χ1n) is 14.7. The van der Waals surface area contributed by atoms with Crippen molar-refractivity contribution < 1.29 is 29.0 Å². The second-order valence-corrected chi connectivity index (χ2v) is 14.1. The van der Waals surface area contributed by atoms with Crippen molar-refractivity contribution in [3.8, 4) is 0 Å². The van der Waals surface area contributed by atoms with E-state index in [-0.39, 0.29) is 42.3 Å². The van der Waals surface area contributed by atoms with Crippen LogP contribution in [0.1, 0.15) is 88.5 Å². The third-order valence-corrected chi connectivity index (χ3v) is 9.64. The molecule has 1 spiro atoms. The number of aliphatic hydroxyl groups excluding tert-OH is 1. The van der Waals surface area contributed by atoms with Crippen LogP contribution in [0.25, 0.3) is 0 Å². The molecule has 3 unspecified atom stereocenters. The zero-order valence-corrected chi connectivity index (χ0v) is 25.9. The zero-order valence-electron chi connectivity index (χ0n) is 25.9. The second kappa shape index (κ2) is 10.8. The predicted octanol–water partition coefficient (Wildman–Crippen LogP) is 4.20. The maximum absolute atomic E-state index is 14.9. The Morgan fingerprint density at radius 2 is 1.90 bits per heavy atom. The highest BCUT2D eigenvalue weighted by Gasteiger charge is 2.81. The van der Waals surface area contributed by atoms with Gasteiger partial charge in [0.1, 0.15) is 17.6 Å². The molecule has 3 aliphatic heterocycles. The van der Waals surface area contributed by atoms with Gasteiger partial charge in [-0.3, -0.25) is 14.4 Å². The largest absolute Gasteiger partial charge is 0.466 e. The van der Waals surface area contributed by atoms with E-state index in [2.05, 4.69) is 27.4 Å². The number of esters is 1. The molecule has 0 aromatic carbocycles. The van der Waals surface area contributed by atoms with E-state index in [9.17, 15) is 19.5 Å². The molecule has 3 aliphatic rings. The fourth-order valence-electron chi connectivity index (χ4n) is 8.02. The number of hydrogen-bond donors (Lipinski definition) is 1. The van der Waals surface area contributed by atoms with E-state index < -0.39 is 46.6 Å². The molecule has 3 saturated heterocycles.